The van der Waals surface area contributed by atoms with Gasteiger partial charge in [0, 0.05) is 13.7 Å². The molecule has 1 heterocycles. The minimum absolute atomic E-state index is 0. The molecule has 0 atom stereocenters. The zero-order chi connectivity index (χ0) is 9.68. The Hall–Kier alpha value is -1.34. The molecule has 0 aliphatic rings. The molecule has 14 heavy (non-hydrogen) atoms. The van der Waals surface area contributed by atoms with Crippen molar-refractivity contribution in [3.8, 4) is 0 Å². The Kier molecular flexibility index (Phi) is 5.58. The fourth-order valence-corrected chi connectivity index (χ4v) is 0.669. The quantitative estimate of drug-likeness (QED) is 0.663. The minimum atomic E-state index is -0.457. The Morgan fingerprint density at radius 2 is 2.43 bits per heavy atom. The molecule has 0 aromatic carbocycles. The minimum Gasteiger partial charge on any atom is -0.383 e. The highest BCUT2D eigenvalue weighted by atomic mass is 35.5. The van der Waals surface area contributed by atoms with E-state index >= 15 is 0 Å². The zero-order valence-electron chi connectivity index (χ0n) is 7.52. The van der Waals surface area contributed by atoms with Gasteiger partial charge in [0.1, 0.15) is 0 Å². The number of hydrogen-bond donors (Lipinski definition) is 2. The largest absolute Gasteiger partial charge is 0.383 e. The smallest absolute Gasteiger partial charge is 0.317 e. The van der Waals surface area contributed by atoms with Crippen LogP contribution in [-0.2, 0) is 4.74 Å². The SMILES string of the molecule is COCCNC(=O)c1nc(N)no1.Cl. The van der Waals surface area contributed by atoms with Crippen molar-refractivity contribution in [2.24, 2.45) is 0 Å². The number of rotatable bonds is 4. The number of nitrogen functional groups attached to an aromatic ring is 1. The number of halogens is 1. The molecule has 0 unspecified atom stereocenters. The molecular formula is C6H11ClN4O3. The van der Waals surface area contributed by atoms with Gasteiger partial charge in [-0.3, -0.25) is 4.79 Å². The summed E-state index contributed by atoms with van der Waals surface area (Å²) in [6.45, 7) is 0.812. The van der Waals surface area contributed by atoms with Gasteiger partial charge in [0.15, 0.2) is 0 Å². The van der Waals surface area contributed by atoms with Gasteiger partial charge < -0.3 is 20.3 Å². The second kappa shape index (κ2) is 6.17. The molecule has 0 radical (unpaired) electrons. The second-order valence-corrected chi connectivity index (χ2v) is 2.21. The molecule has 0 spiro atoms. The normalized spacial score (nSPS) is 9.21. The van der Waals surface area contributed by atoms with Crippen molar-refractivity contribution < 1.29 is 14.1 Å². The van der Waals surface area contributed by atoms with E-state index in [-0.39, 0.29) is 24.2 Å². The van der Waals surface area contributed by atoms with Gasteiger partial charge >= 0.3 is 11.8 Å². The van der Waals surface area contributed by atoms with Gasteiger partial charge in [0.25, 0.3) is 5.95 Å². The van der Waals surface area contributed by atoms with Gasteiger partial charge in [-0.2, -0.15) is 4.98 Å². The van der Waals surface area contributed by atoms with Crippen LogP contribution in [0.3, 0.4) is 0 Å². The molecule has 0 saturated carbocycles. The molecule has 7 nitrogen and oxygen atoms in total. The van der Waals surface area contributed by atoms with E-state index < -0.39 is 5.91 Å². The van der Waals surface area contributed by atoms with E-state index in [0.29, 0.717) is 13.2 Å². The molecule has 3 N–H and O–H groups in total. The topological polar surface area (TPSA) is 103 Å². The molecule has 1 aromatic heterocycles. The van der Waals surface area contributed by atoms with E-state index in [1.807, 2.05) is 0 Å². The van der Waals surface area contributed by atoms with Crippen LogP contribution in [0.5, 0.6) is 0 Å². The summed E-state index contributed by atoms with van der Waals surface area (Å²) >= 11 is 0. The molecule has 8 heteroatoms. The fourth-order valence-electron chi connectivity index (χ4n) is 0.669. The summed E-state index contributed by atoms with van der Waals surface area (Å²) in [5.74, 6) is -0.660. The lowest BCUT2D eigenvalue weighted by Gasteiger charge is -1.98. The number of nitrogens with two attached hydrogens (primary N) is 1. The number of ether oxygens (including phenoxy) is 1. The molecule has 1 amide bonds. The molecule has 1 rings (SSSR count). The summed E-state index contributed by atoms with van der Waals surface area (Å²) in [6.07, 6.45) is 0. The average molecular weight is 223 g/mol. The second-order valence-electron chi connectivity index (χ2n) is 2.21. The molecule has 0 bridgehead atoms. The van der Waals surface area contributed by atoms with E-state index in [1.165, 1.54) is 7.11 Å². The lowest BCUT2D eigenvalue weighted by molar-refractivity contribution is 0.0893. The number of hydrogen-bond acceptors (Lipinski definition) is 6. The Bertz CT molecular complexity index is 290. The van der Waals surface area contributed by atoms with Crippen LogP contribution < -0.4 is 11.1 Å². The first-order chi connectivity index (χ1) is 6.24. The summed E-state index contributed by atoms with van der Waals surface area (Å²) < 4.78 is 9.25. The molecule has 80 valence electrons. The fraction of sp³-hybridized carbons (Fsp3) is 0.500. The lowest BCUT2D eigenvalue weighted by Crippen LogP contribution is -2.27. The number of aromatic nitrogens is 2. The van der Waals surface area contributed by atoms with Gasteiger partial charge in [0.05, 0.1) is 6.61 Å². The van der Waals surface area contributed by atoms with Crippen LogP contribution in [-0.4, -0.2) is 36.3 Å². The van der Waals surface area contributed by atoms with Gasteiger partial charge in [0.2, 0.25) is 0 Å². The Balaban J connectivity index is 0.00000169. The van der Waals surface area contributed by atoms with Crippen LogP contribution in [0.25, 0.3) is 0 Å². The predicted molar refractivity (Wildman–Crippen MR) is 50.2 cm³/mol. The van der Waals surface area contributed by atoms with E-state index in [4.69, 9.17) is 10.5 Å². The number of carbonyl (C=O) groups excluding carboxylic acids is 1. The van der Waals surface area contributed by atoms with Crippen molar-refractivity contribution in [1.29, 1.82) is 0 Å². The van der Waals surface area contributed by atoms with Crippen molar-refractivity contribution in [3.05, 3.63) is 5.89 Å². The van der Waals surface area contributed by atoms with Crippen molar-refractivity contribution in [2.45, 2.75) is 0 Å². The van der Waals surface area contributed by atoms with Crippen LogP contribution >= 0.6 is 12.4 Å². The van der Waals surface area contributed by atoms with Crippen LogP contribution in [0.2, 0.25) is 0 Å². The van der Waals surface area contributed by atoms with Crippen molar-refractivity contribution in [3.63, 3.8) is 0 Å². The van der Waals surface area contributed by atoms with Crippen LogP contribution in [0.4, 0.5) is 5.95 Å². The number of nitrogens with zero attached hydrogens (tertiary/aromatic N) is 2. The maximum absolute atomic E-state index is 11.1. The van der Waals surface area contributed by atoms with Crippen LogP contribution in [0.15, 0.2) is 4.52 Å². The van der Waals surface area contributed by atoms with E-state index in [9.17, 15) is 4.79 Å². The number of amides is 1. The summed E-state index contributed by atoms with van der Waals surface area (Å²) in [4.78, 5) is 14.7. The van der Waals surface area contributed by atoms with Gasteiger partial charge in [-0.05, 0) is 5.16 Å². The average Bonchev–Trinajstić information content (AvgIpc) is 2.52. The van der Waals surface area contributed by atoms with Crippen LogP contribution in [0, 0.1) is 0 Å². The Labute approximate surface area is 86.4 Å². The summed E-state index contributed by atoms with van der Waals surface area (Å²) in [6, 6.07) is 0. The highest BCUT2D eigenvalue weighted by molar-refractivity contribution is 5.89. The standard InChI is InChI=1S/C6H10N4O3.ClH/c1-12-3-2-8-4(11)5-9-6(7)10-13-5;/h2-3H2,1H3,(H2,7,10)(H,8,11);1H. The molecular weight excluding hydrogens is 212 g/mol. The molecule has 0 fully saturated rings. The molecule has 0 saturated heterocycles. The highest BCUT2D eigenvalue weighted by Gasteiger charge is 2.12. The van der Waals surface area contributed by atoms with Crippen molar-refractivity contribution >= 4 is 24.3 Å². The third kappa shape index (κ3) is 3.58. The highest BCUT2D eigenvalue weighted by Crippen LogP contribution is 1.96. The number of nitrogens with one attached hydrogen (secondary N) is 1. The van der Waals surface area contributed by atoms with E-state index in [1.54, 1.807) is 0 Å². The Morgan fingerprint density at radius 3 is 2.93 bits per heavy atom. The van der Waals surface area contributed by atoms with Crippen molar-refractivity contribution in [1.82, 2.24) is 15.5 Å². The maximum atomic E-state index is 11.1. The number of carbonyl (C=O) groups is 1. The third-order valence-electron chi connectivity index (χ3n) is 1.23. The first-order valence-electron chi connectivity index (χ1n) is 3.60. The first-order valence-corrected chi connectivity index (χ1v) is 3.60. The molecule has 1 aromatic rings. The molecule has 0 aliphatic heterocycles. The lowest BCUT2D eigenvalue weighted by atomic mass is 10.5. The van der Waals surface area contributed by atoms with Gasteiger partial charge in [-0.1, -0.05) is 0 Å². The monoisotopic (exact) mass is 222 g/mol. The van der Waals surface area contributed by atoms with E-state index in [2.05, 4.69) is 20.0 Å². The summed E-state index contributed by atoms with van der Waals surface area (Å²) in [7, 11) is 1.54. The van der Waals surface area contributed by atoms with Gasteiger partial charge in [-0.15, -0.1) is 12.4 Å². The Morgan fingerprint density at radius 1 is 1.71 bits per heavy atom. The van der Waals surface area contributed by atoms with E-state index in [0.717, 1.165) is 0 Å². The number of anilines is 1. The van der Waals surface area contributed by atoms with Crippen molar-refractivity contribution in [2.75, 3.05) is 26.0 Å². The zero-order valence-corrected chi connectivity index (χ0v) is 8.34. The number of methoxy groups -OCH3 is 1. The third-order valence-corrected chi connectivity index (χ3v) is 1.23. The molecule has 0 aliphatic carbocycles. The first kappa shape index (κ1) is 12.7. The maximum Gasteiger partial charge on any atom is 0.317 e. The predicted octanol–water partition coefficient (Wildman–Crippen LogP) is -0.550. The van der Waals surface area contributed by atoms with Gasteiger partial charge in [-0.25, -0.2) is 0 Å². The van der Waals surface area contributed by atoms with Crippen LogP contribution in [0.1, 0.15) is 10.7 Å². The summed E-state index contributed by atoms with van der Waals surface area (Å²) in [5, 5.41) is 5.76. The summed E-state index contributed by atoms with van der Waals surface area (Å²) in [5.41, 5.74) is 5.15.